The number of thiophene rings is 1. The van der Waals surface area contributed by atoms with E-state index in [-0.39, 0.29) is 5.91 Å². The first-order valence-corrected chi connectivity index (χ1v) is 8.53. The molecular weight excluding hydrogens is 460 g/mol. The first-order chi connectivity index (χ1) is 8.97. The van der Waals surface area contributed by atoms with Crippen LogP contribution in [0.5, 0.6) is 0 Å². The molecule has 0 unspecified atom stereocenters. The van der Waals surface area contributed by atoms with Crippen molar-refractivity contribution < 1.29 is 4.79 Å². The van der Waals surface area contributed by atoms with Gasteiger partial charge in [-0.25, -0.2) is 0 Å². The maximum Gasteiger partial charge on any atom is 0.253 e. The summed E-state index contributed by atoms with van der Waals surface area (Å²) in [6, 6.07) is 7.39. The predicted molar refractivity (Wildman–Crippen MR) is 92.0 cm³/mol. The number of halogens is 3. The fraction of sp³-hybridized carbons (Fsp3) is 0.154. The molecule has 100 valence electrons. The second-order valence-corrected chi connectivity index (χ2v) is 7.50. The molecule has 0 aliphatic carbocycles. The molecule has 19 heavy (non-hydrogen) atoms. The van der Waals surface area contributed by atoms with E-state index in [4.69, 9.17) is 11.6 Å². The van der Waals surface area contributed by atoms with Crippen molar-refractivity contribution in [3.63, 3.8) is 0 Å². The Bertz CT molecular complexity index is 616. The van der Waals surface area contributed by atoms with Crippen LogP contribution in [0.1, 0.15) is 15.2 Å². The Morgan fingerprint density at radius 3 is 2.79 bits per heavy atom. The van der Waals surface area contributed by atoms with Crippen molar-refractivity contribution in [2.75, 3.05) is 7.05 Å². The minimum absolute atomic E-state index is 0.0252. The number of amides is 1. The summed E-state index contributed by atoms with van der Waals surface area (Å²) in [4.78, 5) is 15.1. The quantitative estimate of drug-likeness (QED) is 0.576. The van der Waals surface area contributed by atoms with E-state index in [1.165, 1.54) is 0 Å². The molecule has 0 N–H and O–H groups in total. The summed E-state index contributed by atoms with van der Waals surface area (Å²) >= 11 is 13.2. The first kappa shape index (κ1) is 15.3. The molecule has 0 saturated heterocycles. The lowest BCUT2D eigenvalue weighted by Gasteiger charge is -2.16. The SMILES string of the molecule is CN(Cc1cc(Br)cs1)C(=O)c1ccc(I)c(Cl)c1. The average Bonchev–Trinajstić information content (AvgIpc) is 2.77. The van der Waals surface area contributed by atoms with Crippen molar-refractivity contribution >= 4 is 67.4 Å². The summed E-state index contributed by atoms with van der Waals surface area (Å²) in [5, 5.41) is 2.62. The monoisotopic (exact) mass is 469 g/mol. The van der Waals surface area contributed by atoms with E-state index in [0.29, 0.717) is 17.1 Å². The van der Waals surface area contributed by atoms with Crippen molar-refractivity contribution in [1.82, 2.24) is 4.90 Å². The molecule has 0 bridgehead atoms. The topological polar surface area (TPSA) is 20.3 Å². The van der Waals surface area contributed by atoms with E-state index < -0.39 is 0 Å². The summed E-state index contributed by atoms with van der Waals surface area (Å²) in [7, 11) is 1.79. The Morgan fingerprint density at radius 1 is 1.47 bits per heavy atom. The Labute approximate surface area is 143 Å². The van der Waals surface area contributed by atoms with Gasteiger partial charge in [0.2, 0.25) is 0 Å². The van der Waals surface area contributed by atoms with E-state index in [1.54, 1.807) is 35.4 Å². The van der Waals surface area contributed by atoms with Crippen LogP contribution in [0, 0.1) is 3.57 Å². The van der Waals surface area contributed by atoms with Gasteiger partial charge >= 0.3 is 0 Å². The molecule has 2 aromatic rings. The number of nitrogens with zero attached hydrogens (tertiary/aromatic N) is 1. The normalized spacial score (nSPS) is 10.5. The highest BCUT2D eigenvalue weighted by molar-refractivity contribution is 14.1. The van der Waals surface area contributed by atoms with Crippen molar-refractivity contribution in [3.05, 3.63) is 53.2 Å². The molecule has 2 rings (SSSR count). The summed E-state index contributed by atoms with van der Waals surface area (Å²) in [5.41, 5.74) is 0.614. The van der Waals surface area contributed by atoms with Crippen LogP contribution in [-0.4, -0.2) is 17.9 Å². The van der Waals surface area contributed by atoms with Crippen LogP contribution in [0.2, 0.25) is 5.02 Å². The van der Waals surface area contributed by atoms with Gasteiger partial charge in [-0.15, -0.1) is 11.3 Å². The van der Waals surface area contributed by atoms with Crippen molar-refractivity contribution in [3.8, 4) is 0 Å². The van der Waals surface area contributed by atoms with Crippen molar-refractivity contribution in [2.45, 2.75) is 6.54 Å². The molecular formula is C13H10BrClINOS. The van der Waals surface area contributed by atoms with Crippen LogP contribution < -0.4 is 0 Å². The lowest BCUT2D eigenvalue weighted by Crippen LogP contribution is -2.25. The molecule has 0 spiro atoms. The molecule has 1 aromatic heterocycles. The van der Waals surface area contributed by atoms with Gasteiger partial charge in [-0.1, -0.05) is 11.6 Å². The van der Waals surface area contributed by atoms with Gasteiger partial charge in [0.25, 0.3) is 5.91 Å². The van der Waals surface area contributed by atoms with Crippen LogP contribution in [-0.2, 0) is 6.54 Å². The zero-order valence-electron chi connectivity index (χ0n) is 9.99. The van der Waals surface area contributed by atoms with Gasteiger partial charge in [0.05, 0.1) is 11.6 Å². The molecule has 0 atom stereocenters. The molecule has 0 aliphatic heterocycles. The van der Waals surface area contributed by atoms with Crippen LogP contribution in [0.4, 0.5) is 0 Å². The Hall–Kier alpha value is -0.110. The highest BCUT2D eigenvalue weighted by atomic mass is 127. The molecule has 1 heterocycles. The molecule has 0 aliphatic rings. The maximum absolute atomic E-state index is 12.3. The van der Waals surface area contributed by atoms with E-state index in [9.17, 15) is 4.79 Å². The second-order valence-electron chi connectivity index (χ2n) is 4.02. The van der Waals surface area contributed by atoms with Gasteiger partial charge in [0.15, 0.2) is 0 Å². The molecule has 0 radical (unpaired) electrons. The fourth-order valence-electron chi connectivity index (χ4n) is 1.59. The minimum Gasteiger partial charge on any atom is -0.337 e. The average molecular weight is 471 g/mol. The highest BCUT2D eigenvalue weighted by Gasteiger charge is 2.14. The standard InChI is InChI=1S/C13H10BrClINOS/c1-17(6-10-5-9(14)7-19-10)13(18)8-2-3-12(16)11(15)4-8/h2-5,7H,6H2,1H3. The van der Waals surface area contributed by atoms with Crippen LogP contribution >= 0.6 is 61.5 Å². The van der Waals surface area contributed by atoms with Gasteiger partial charge in [-0.3, -0.25) is 4.79 Å². The number of carbonyl (C=O) groups excluding carboxylic acids is 1. The molecule has 6 heteroatoms. The number of hydrogen-bond donors (Lipinski definition) is 0. The molecule has 1 amide bonds. The van der Waals surface area contributed by atoms with Crippen molar-refractivity contribution in [2.24, 2.45) is 0 Å². The Balaban J connectivity index is 2.12. The lowest BCUT2D eigenvalue weighted by molar-refractivity contribution is 0.0786. The van der Waals surface area contributed by atoms with Gasteiger partial charge in [0, 0.05) is 30.9 Å². The number of carbonyl (C=O) groups is 1. The lowest BCUT2D eigenvalue weighted by atomic mass is 10.2. The summed E-state index contributed by atoms with van der Waals surface area (Å²) < 4.78 is 1.99. The Kier molecular flexibility index (Phi) is 5.28. The first-order valence-electron chi connectivity index (χ1n) is 5.41. The van der Waals surface area contributed by atoms with E-state index in [1.807, 2.05) is 17.5 Å². The van der Waals surface area contributed by atoms with Crippen molar-refractivity contribution in [1.29, 1.82) is 0 Å². The minimum atomic E-state index is -0.0252. The molecule has 2 nitrogen and oxygen atoms in total. The summed E-state index contributed by atoms with van der Waals surface area (Å²) in [5.74, 6) is -0.0252. The smallest absolute Gasteiger partial charge is 0.253 e. The van der Waals surface area contributed by atoms with E-state index >= 15 is 0 Å². The zero-order valence-corrected chi connectivity index (χ0v) is 15.3. The fourth-order valence-corrected chi connectivity index (χ4v) is 3.61. The number of hydrogen-bond acceptors (Lipinski definition) is 2. The number of rotatable bonds is 3. The second kappa shape index (κ2) is 6.56. The van der Waals surface area contributed by atoms with E-state index in [0.717, 1.165) is 12.9 Å². The van der Waals surface area contributed by atoms with Crippen LogP contribution in [0.15, 0.2) is 34.1 Å². The third-order valence-corrected chi connectivity index (χ3v) is 5.78. The third-order valence-electron chi connectivity index (χ3n) is 2.53. The largest absolute Gasteiger partial charge is 0.337 e. The zero-order chi connectivity index (χ0) is 14.0. The maximum atomic E-state index is 12.3. The van der Waals surface area contributed by atoms with Gasteiger partial charge < -0.3 is 4.90 Å². The van der Waals surface area contributed by atoms with Gasteiger partial charge in [-0.2, -0.15) is 0 Å². The Morgan fingerprint density at radius 2 is 2.21 bits per heavy atom. The van der Waals surface area contributed by atoms with E-state index in [2.05, 4.69) is 38.5 Å². The number of benzene rings is 1. The third kappa shape index (κ3) is 3.93. The van der Waals surface area contributed by atoms with Gasteiger partial charge in [-0.05, 0) is 62.8 Å². The predicted octanol–water partition coefficient (Wildman–Crippen LogP) is 5.04. The van der Waals surface area contributed by atoms with Crippen LogP contribution in [0.3, 0.4) is 0 Å². The van der Waals surface area contributed by atoms with Gasteiger partial charge in [0.1, 0.15) is 0 Å². The highest BCUT2D eigenvalue weighted by Crippen LogP contribution is 2.23. The summed E-state index contributed by atoms with van der Waals surface area (Å²) in [6.45, 7) is 0.596. The molecule has 1 aromatic carbocycles. The van der Waals surface area contributed by atoms with Crippen LogP contribution in [0.25, 0.3) is 0 Å². The summed E-state index contributed by atoms with van der Waals surface area (Å²) in [6.07, 6.45) is 0. The molecule has 0 saturated carbocycles. The molecule has 0 fully saturated rings.